The van der Waals surface area contributed by atoms with Crippen molar-refractivity contribution in [1.82, 2.24) is 14.5 Å². The van der Waals surface area contributed by atoms with Crippen LogP contribution in [0.3, 0.4) is 0 Å². The number of aryl methyl sites for hydroxylation is 1. The lowest BCUT2D eigenvalue weighted by atomic mass is 10.4. The van der Waals surface area contributed by atoms with Gasteiger partial charge in [0.2, 0.25) is 3.79 Å². The van der Waals surface area contributed by atoms with E-state index in [-0.39, 0.29) is 0 Å². The minimum Gasteiger partial charge on any atom is -0.326 e. The van der Waals surface area contributed by atoms with Crippen LogP contribution in [0.15, 0.2) is 18.3 Å². The first-order chi connectivity index (χ1) is 6.50. The number of fused-ring (bicyclic) bond motifs is 1. The Labute approximate surface area is 95.6 Å². The summed E-state index contributed by atoms with van der Waals surface area (Å²) < 4.78 is 0.199. The van der Waals surface area contributed by atoms with Gasteiger partial charge in [0.1, 0.15) is 0 Å². The Balaban J connectivity index is 2.75. The summed E-state index contributed by atoms with van der Waals surface area (Å²) in [6.07, 6.45) is 1.65. The molecule has 0 unspecified atom stereocenters. The normalized spacial score (nSPS) is 12.3. The van der Waals surface area contributed by atoms with Crippen LogP contribution in [0.5, 0.6) is 0 Å². The highest BCUT2D eigenvalue weighted by molar-refractivity contribution is 6.66. The zero-order chi connectivity index (χ0) is 10.3. The third-order valence-corrected chi connectivity index (χ3v) is 2.42. The van der Waals surface area contributed by atoms with Gasteiger partial charge in [-0.2, -0.15) is 0 Å². The number of alkyl halides is 3. The fraction of sp³-hybridized carbons (Fsp3) is 0.250. The Morgan fingerprint density at radius 1 is 1.36 bits per heavy atom. The molecule has 2 heterocycles. The Hall–Kier alpha value is -0.510. The van der Waals surface area contributed by atoms with Crippen LogP contribution in [-0.4, -0.2) is 14.5 Å². The number of imidazole rings is 1. The van der Waals surface area contributed by atoms with Crippen LogP contribution in [0.2, 0.25) is 0 Å². The van der Waals surface area contributed by atoms with Gasteiger partial charge in [0.05, 0.1) is 5.52 Å². The molecule has 2 aromatic heterocycles. The summed E-state index contributed by atoms with van der Waals surface area (Å²) in [6.45, 7) is 0. The maximum atomic E-state index is 5.76. The van der Waals surface area contributed by atoms with Crippen molar-refractivity contribution in [3.8, 4) is 0 Å². The Bertz CT molecular complexity index is 472. The summed E-state index contributed by atoms with van der Waals surface area (Å²) in [7, 11) is 1.79. The number of pyridine rings is 1. The van der Waals surface area contributed by atoms with Crippen LogP contribution in [0.25, 0.3) is 11.2 Å². The highest BCUT2D eigenvalue weighted by atomic mass is 35.6. The van der Waals surface area contributed by atoms with Crippen molar-refractivity contribution in [1.29, 1.82) is 0 Å². The largest absolute Gasteiger partial charge is 0.326 e. The van der Waals surface area contributed by atoms with Crippen molar-refractivity contribution in [2.45, 2.75) is 3.79 Å². The van der Waals surface area contributed by atoms with Crippen LogP contribution >= 0.6 is 34.8 Å². The van der Waals surface area contributed by atoms with Gasteiger partial charge in [0, 0.05) is 13.2 Å². The minimum absolute atomic E-state index is 0.371. The van der Waals surface area contributed by atoms with E-state index in [1.165, 1.54) is 0 Å². The van der Waals surface area contributed by atoms with Crippen LogP contribution in [-0.2, 0) is 10.8 Å². The zero-order valence-corrected chi connectivity index (χ0v) is 9.48. The second-order valence-corrected chi connectivity index (χ2v) is 5.12. The molecule has 2 aromatic rings. The lowest BCUT2D eigenvalue weighted by molar-refractivity contribution is 0.841. The first-order valence-corrected chi connectivity index (χ1v) is 4.98. The topological polar surface area (TPSA) is 30.7 Å². The molecule has 0 fully saturated rings. The first-order valence-electron chi connectivity index (χ1n) is 3.85. The standard InChI is InChI=1S/C8H6Cl3N3/c1-14-5-3-2-4-12-6(5)13-7(14)8(9,10)11/h2-4H,1H3. The second kappa shape index (κ2) is 3.26. The van der Waals surface area contributed by atoms with E-state index in [1.807, 2.05) is 12.1 Å². The average Bonchev–Trinajstić information content (AvgIpc) is 2.44. The van der Waals surface area contributed by atoms with Crippen LogP contribution < -0.4 is 0 Å². The Morgan fingerprint density at radius 3 is 2.64 bits per heavy atom. The molecule has 6 heteroatoms. The molecule has 0 atom stereocenters. The molecule has 0 spiro atoms. The molecule has 74 valence electrons. The highest BCUT2D eigenvalue weighted by Crippen LogP contribution is 2.38. The summed E-state index contributed by atoms with van der Waals surface area (Å²) in [5.74, 6) is 0.371. The van der Waals surface area contributed by atoms with Gasteiger partial charge in [-0.25, -0.2) is 9.97 Å². The minimum atomic E-state index is -1.52. The first kappa shape index (κ1) is 10.0. The molecule has 2 rings (SSSR count). The van der Waals surface area contributed by atoms with E-state index in [2.05, 4.69) is 9.97 Å². The predicted octanol–water partition coefficient (Wildman–Crippen LogP) is 2.80. The van der Waals surface area contributed by atoms with E-state index in [4.69, 9.17) is 34.8 Å². The SMILES string of the molecule is Cn1c(C(Cl)(Cl)Cl)nc2ncccc21. The van der Waals surface area contributed by atoms with Crippen molar-refractivity contribution in [3.05, 3.63) is 24.2 Å². The molecule has 0 aliphatic carbocycles. The van der Waals surface area contributed by atoms with Gasteiger partial charge in [-0.05, 0) is 12.1 Å². The van der Waals surface area contributed by atoms with Crippen molar-refractivity contribution in [2.24, 2.45) is 7.05 Å². The smallest absolute Gasteiger partial charge is 0.248 e. The molecule has 0 saturated carbocycles. The van der Waals surface area contributed by atoms with Crippen molar-refractivity contribution >= 4 is 46.0 Å². The lowest BCUT2D eigenvalue weighted by Crippen LogP contribution is -2.08. The molecule has 0 amide bonds. The van der Waals surface area contributed by atoms with Crippen molar-refractivity contribution in [2.75, 3.05) is 0 Å². The van der Waals surface area contributed by atoms with Gasteiger partial charge in [-0.15, -0.1) is 0 Å². The molecular weight excluding hydrogens is 244 g/mol. The van der Waals surface area contributed by atoms with E-state index in [1.54, 1.807) is 17.8 Å². The molecule has 0 bridgehead atoms. The van der Waals surface area contributed by atoms with Crippen LogP contribution in [0.4, 0.5) is 0 Å². The highest BCUT2D eigenvalue weighted by Gasteiger charge is 2.29. The summed E-state index contributed by atoms with van der Waals surface area (Å²) in [5.41, 5.74) is 1.42. The summed E-state index contributed by atoms with van der Waals surface area (Å²) >= 11 is 17.3. The van der Waals surface area contributed by atoms with Gasteiger partial charge in [0.25, 0.3) is 0 Å². The summed E-state index contributed by atoms with van der Waals surface area (Å²) in [4.78, 5) is 8.21. The van der Waals surface area contributed by atoms with E-state index in [0.29, 0.717) is 11.5 Å². The number of hydrogen-bond acceptors (Lipinski definition) is 2. The zero-order valence-electron chi connectivity index (χ0n) is 7.21. The molecule has 3 nitrogen and oxygen atoms in total. The van der Waals surface area contributed by atoms with Crippen molar-refractivity contribution < 1.29 is 0 Å². The van der Waals surface area contributed by atoms with Gasteiger partial charge in [-0.1, -0.05) is 34.8 Å². The number of hydrogen-bond donors (Lipinski definition) is 0. The quantitative estimate of drug-likeness (QED) is 0.673. The van der Waals surface area contributed by atoms with E-state index < -0.39 is 3.79 Å². The maximum Gasteiger partial charge on any atom is 0.248 e. The van der Waals surface area contributed by atoms with Gasteiger partial charge in [0.15, 0.2) is 11.5 Å². The van der Waals surface area contributed by atoms with E-state index in [9.17, 15) is 0 Å². The molecule has 14 heavy (non-hydrogen) atoms. The maximum absolute atomic E-state index is 5.76. The van der Waals surface area contributed by atoms with E-state index >= 15 is 0 Å². The molecule has 0 aromatic carbocycles. The summed E-state index contributed by atoms with van der Waals surface area (Å²) in [6, 6.07) is 3.68. The van der Waals surface area contributed by atoms with Crippen molar-refractivity contribution in [3.63, 3.8) is 0 Å². The van der Waals surface area contributed by atoms with Gasteiger partial charge >= 0.3 is 0 Å². The van der Waals surface area contributed by atoms with E-state index in [0.717, 1.165) is 5.52 Å². The Morgan fingerprint density at radius 2 is 2.07 bits per heavy atom. The third kappa shape index (κ3) is 1.56. The van der Waals surface area contributed by atoms with Gasteiger partial charge < -0.3 is 4.57 Å². The fourth-order valence-electron chi connectivity index (χ4n) is 1.28. The molecule has 0 N–H and O–H groups in total. The average molecular weight is 251 g/mol. The summed E-state index contributed by atoms with van der Waals surface area (Å²) in [5, 5.41) is 0. The van der Waals surface area contributed by atoms with Crippen LogP contribution in [0.1, 0.15) is 5.82 Å². The van der Waals surface area contributed by atoms with Crippen LogP contribution in [0, 0.1) is 0 Å². The predicted molar refractivity (Wildman–Crippen MR) is 57.7 cm³/mol. The third-order valence-electron chi connectivity index (χ3n) is 1.91. The molecule has 0 radical (unpaired) electrons. The number of aromatic nitrogens is 3. The fourth-order valence-corrected chi connectivity index (χ4v) is 1.79. The number of nitrogens with zero attached hydrogens (tertiary/aromatic N) is 3. The number of halogens is 3. The molecular formula is C8H6Cl3N3. The molecule has 0 saturated heterocycles. The van der Waals surface area contributed by atoms with Gasteiger partial charge in [-0.3, -0.25) is 0 Å². The number of rotatable bonds is 0. The molecule has 0 aliphatic rings. The molecule has 0 aliphatic heterocycles. The second-order valence-electron chi connectivity index (χ2n) is 2.84. The lowest BCUT2D eigenvalue weighted by Gasteiger charge is -2.09. The Kier molecular flexibility index (Phi) is 2.33. The monoisotopic (exact) mass is 249 g/mol.